The number of phenolic OH excluding ortho intramolecular Hbond substituents is 1. The van der Waals surface area contributed by atoms with E-state index in [1.165, 1.54) is 25.1 Å². The summed E-state index contributed by atoms with van der Waals surface area (Å²) in [6, 6.07) is 9.47. The molecule has 0 aliphatic carbocycles. The highest BCUT2D eigenvalue weighted by atomic mass is 35.5. The Morgan fingerprint density at radius 1 is 1.16 bits per heavy atom. The molecule has 0 aliphatic rings. The zero-order chi connectivity index (χ0) is 22.9. The highest BCUT2D eigenvalue weighted by Gasteiger charge is 2.19. The van der Waals surface area contributed by atoms with Crippen LogP contribution >= 0.6 is 11.6 Å². The number of halogens is 1. The average molecular weight is 462 g/mol. The van der Waals surface area contributed by atoms with Crippen LogP contribution in [0.25, 0.3) is 5.69 Å². The van der Waals surface area contributed by atoms with Crippen LogP contribution in [0.1, 0.15) is 29.4 Å². The van der Waals surface area contributed by atoms with Crippen LogP contribution in [0.5, 0.6) is 5.75 Å². The fraction of sp³-hybridized carbons (Fsp3) is 0.273. The van der Waals surface area contributed by atoms with E-state index < -0.39 is 15.7 Å². The van der Waals surface area contributed by atoms with Crippen LogP contribution in [0.2, 0.25) is 5.02 Å². The lowest BCUT2D eigenvalue weighted by molar-refractivity contribution is -0.115. The second-order valence-electron chi connectivity index (χ2n) is 7.30. The highest BCUT2D eigenvalue weighted by molar-refractivity contribution is 7.91. The van der Waals surface area contributed by atoms with Crippen LogP contribution in [0.4, 0.5) is 5.69 Å². The minimum atomic E-state index is -3.47. The van der Waals surface area contributed by atoms with Crippen molar-refractivity contribution in [2.75, 3.05) is 11.1 Å². The lowest BCUT2D eigenvalue weighted by Crippen LogP contribution is -2.16. The van der Waals surface area contributed by atoms with Crippen LogP contribution in [0.3, 0.4) is 0 Å². The van der Waals surface area contributed by atoms with Gasteiger partial charge in [0.25, 0.3) is 0 Å². The molecule has 7 nitrogen and oxygen atoms in total. The molecule has 0 saturated heterocycles. The van der Waals surface area contributed by atoms with Crippen molar-refractivity contribution < 1.29 is 18.3 Å². The van der Waals surface area contributed by atoms with Gasteiger partial charge < -0.3 is 10.4 Å². The fourth-order valence-corrected chi connectivity index (χ4v) is 4.31. The summed E-state index contributed by atoms with van der Waals surface area (Å²) in [5, 5.41) is 17.8. The van der Waals surface area contributed by atoms with E-state index in [2.05, 4.69) is 10.4 Å². The standard InChI is InChI=1S/C22H24ClN3O4S/c1-5-31(29,30)17-8-9-21(27)20(11-17)24-22(28)12-18-14(3)25-26(15(18)4)16-7-6-13(2)19(23)10-16/h6-11,27H,5,12H2,1-4H3,(H,24,28). The molecule has 0 fully saturated rings. The monoisotopic (exact) mass is 461 g/mol. The van der Waals surface area contributed by atoms with E-state index >= 15 is 0 Å². The summed E-state index contributed by atoms with van der Waals surface area (Å²) in [7, 11) is -3.47. The highest BCUT2D eigenvalue weighted by Crippen LogP contribution is 2.28. The molecule has 31 heavy (non-hydrogen) atoms. The van der Waals surface area contributed by atoms with Gasteiger partial charge in [0.2, 0.25) is 5.91 Å². The number of amides is 1. The summed E-state index contributed by atoms with van der Waals surface area (Å²) < 4.78 is 25.9. The summed E-state index contributed by atoms with van der Waals surface area (Å²) >= 11 is 6.24. The summed E-state index contributed by atoms with van der Waals surface area (Å²) in [5.41, 5.74) is 4.02. The normalized spacial score (nSPS) is 11.5. The van der Waals surface area contributed by atoms with E-state index in [1.54, 1.807) is 4.68 Å². The van der Waals surface area contributed by atoms with Crippen molar-refractivity contribution in [2.45, 2.75) is 39.0 Å². The first-order chi connectivity index (χ1) is 14.5. The molecule has 164 valence electrons. The van der Waals surface area contributed by atoms with Crippen molar-refractivity contribution in [1.82, 2.24) is 9.78 Å². The van der Waals surface area contributed by atoms with Crippen LogP contribution in [0, 0.1) is 20.8 Å². The Morgan fingerprint density at radius 3 is 2.52 bits per heavy atom. The number of aryl methyl sites for hydroxylation is 2. The van der Waals surface area contributed by atoms with Gasteiger partial charge in [-0.3, -0.25) is 4.79 Å². The van der Waals surface area contributed by atoms with Gasteiger partial charge in [-0.2, -0.15) is 5.10 Å². The van der Waals surface area contributed by atoms with Crippen LogP contribution in [-0.2, 0) is 21.1 Å². The van der Waals surface area contributed by atoms with E-state index in [9.17, 15) is 18.3 Å². The molecule has 0 bridgehead atoms. The van der Waals surface area contributed by atoms with Gasteiger partial charge in [-0.25, -0.2) is 13.1 Å². The van der Waals surface area contributed by atoms with Gasteiger partial charge in [-0.1, -0.05) is 24.6 Å². The second kappa shape index (κ2) is 8.72. The molecule has 2 aromatic carbocycles. The molecule has 0 atom stereocenters. The summed E-state index contributed by atoms with van der Waals surface area (Å²) in [5.74, 6) is -0.679. The topological polar surface area (TPSA) is 101 Å². The number of aromatic nitrogens is 2. The van der Waals surface area contributed by atoms with Crippen molar-refractivity contribution in [1.29, 1.82) is 0 Å². The Bertz CT molecular complexity index is 1270. The fourth-order valence-electron chi connectivity index (χ4n) is 3.23. The van der Waals surface area contributed by atoms with E-state index in [4.69, 9.17) is 11.6 Å². The van der Waals surface area contributed by atoms with Crippen LogP contribution in [0.15, 0.2) is 41.3 Å². The van der Waals surface area contributed by atoms with Gasteiger partial charge >= 0.3 is 0 Å². The molecule has 1 heterocycles. The third kappa shape index (κ3) is 4.75. The van der Waals surface area contributed by atoms with Gasteiger partial charge in [0.15, 0.2) is 9.84 Å². The van der Waals surface area contributed by atoms with Crippen molar-refractivity contribution in [3.8, 4) is 11.4 Å². The largest absolute Gasteiger partial charge is 0.506 e. The number of hydrogen-bond donors (Lipinski definition) is 2. The molecular weight excluding hydrogens is 438 g/mol. The number of carbonyl (C=O) groups is 1. The number of phenols is 1. The zero-order valence-corrected chi connectivity index (χ0v) is 19.3. The Balaban J connectivity index is 1.86. The van der Waals surface area contributed by atoms with Crippen molar-refractivity contribution >= 4 is 33.0 Å². The maximum absolute atomic E-state index is 12.7. The van der Waals surface area contributed by atoms with Crippen molar-refractivity contribution in [2.24, 2.45) is 0 Å². The van der Waals surface area contributed by atoms with E-state index in [0.29, 0.717) is 10.7 Å². The number of carbonyl (C=O) groups excluding carboxylic acids is 1. The van der Waals surface area contributed by atoms with Gasteiger partial charge in [-0.05, 0) is 56.7 Å². The third-order valence-electron chi connectivity index (χ3n) is 5.16. The lowest BCUT2D eigenvalue weighted by atomic mass is 10.1. The Labute approximate surface area is 186 Å². The first-order valence-electron chi connectivity index (χ1n) is 9.70. The molecular formula is C22H24ClN3O4S. The van der Waals surface area contributed by atoms with Gasteiger partial charge in [0, 0.05) is 16.3 Å². The Morgan fingerprint density at radius 2 is 1.87 bits per heavy atom. The van der Waals surface area contributed by atoms with Crippen LogP contribution in [-0.4, -0.2) is 35.0 Å². The predicted octanol–water partition coefficient (Wildman–Crippen LogP) is 4.13. The Kier molecular flexibility index (Phi) is 6.43. The number of aromatic hydroxyl groups is 1. The van der Waals surface area contributed by atoms with Gasteiger partial charge in [-0.15, -0.1) is 0 Å². The number of benzene rings is 2. The molecule has 0 spiro atoms. The SMILES string of the molecule is CCS(=O)(=O)c1ccc(O)c(NC(=O)Cc2c(C)nn(-c3ccc(C)c(Cl)c3)c2C)c1. The predicted molar refractivity (Wildman–Crippen MR) is 121 cm³/mol. The maximum atomic E-state index is 12.7. The first kappa shape index (κ1) is 22.8. The molecule has 0 saturated carbocycles. The summed E-state index contributed by atoms with van der Waals surface area (Å²) in [6.45, 7) is 7.13. The molecule has 9 heteroatoms. The number of hydrogen-bond acceptors (Lipinski definition) is 5. The number of nitrogens with one attached hydrogen (secondary N) is 1. The molecule has 3 rings (SSSR count). The Hall–Kier alpha value is -2.84. The molecule has 2 N–H and O–H groups in total. The van der Waals surface area contributed by atoms with Gasteiger partial charge in [0.05, 0.1) is 34.1 Å². The van der Waals surface area contributed by atoms with Crippen molar-refractivity contribution in [3.63, 3.8) is 0 Å². The molecule has 1 aromatic heterocycles. The summed E-state index contributed by atoms with van der Waals surface area (Å²) in [6.07, 6.45) is 0.0153. The van der Waals surface area contributed by atoms with E-state index in [0.717, 1.165) is 22.5 Å². The minimum Gasteiger partial charge on any atom is -0.506 e. The quantitative estimate of drug-likeness (QED) is 0.537. The number of nitrogens with zero attached hydrogens (tertiary/aromatic N) is 2. The van der Waals surface area contributed by atoms with Crippen LogP contribution < -0.4 is 5.32 Å². The molecule has 0 unspecified atom stereocenters. The van der Waals surface area contributed by atoms with E-state index in [-0.39, 0.29) is 28.5 Å². The van der Waals surface area contributed by atoms with Gasteiger partial charge in [0.1, 0.15) is 5.75 Å². The lowest BCUT2D eigenvalue weighted by Gasteiger charge is -2.10. The minimum absolute atomic E-state index is 0.0153. The number of anilines is 1. The zero-order valence-electron chi connectivity index (χ0n) is 17.7. The first-order valence-corrected chi connectivity index (χ1v) is 11.7. The van der Waals surface area contributed by atoms with Crippen molar-refractivity contribution in [3.05, 3.63) is 63.9 Å². The molecule has 1 amide bonds. The molecule has 0 radical (unpaired) electrons. The second-order valence-corrected chi connectivity index (χ2v) is 9.99. The smallest absolute Gasteiger partial charge is 0.229 e. The summed E-state index contributed by atoms with van der Waals surface area (Å²) in [4.78, 5) is 12.7. The molecule has 0 aliphatic heterocycles. The molecule has 3 aromatic rings. The van der Waals surface area contributed by atoms with E-state index in [1.807, 2.05) is 39.0 Å². The maximum Gasteiger partial charge on any atom is 0.229 e. The average Bonchev–Trinajstić information content (AvgIpc) is 2.99. The number of rotatable bonds is 6. The number of sulfone groups is 1. The third-order valence-corrected chi connectivity index (χ3v) is 7.30.